The molecule has 16 heavy (non-hydrogen) atoms. The van der Waals surface area contributed by atoms with Crippen LogP contribution in [0.4, 0.5) is 0 Å². The van der Waals surface area contributed by atoms with Gasteiger partial charge in [0.1, 0.15) is 0 Å². The summed E-state index contributed by atoms with van der Waals surface area (Å²) in [6.07, 6.45) is 2.07. The molecule has 1 aromatic carbocycles. The Balaban J connectivity index is 2.80. The highest BCUT2D eigenvalue weighted by atomic mass is 32.2. The average molecular weight is 240 g/mol. The molecule has 0 aliphatic rings. The van der Waals surface area contributed by atoms with Gasteiger partial charge in [-0.2, -0.15) is 11.8 Å². The van der Waals surface area contributed by atoms with E-state index >= 15 is 0 Å². The molecule has 1 aromatic rings. The number of carbonyl (C=O) groups is 1. The Morgan fingerprint density at radius 1 is 1.44 bits per heavy atom. The van der Waals surface area contributed by atoms with Gasteiger partial charge in [-0.1, -0.05) is 12.1 Å². The third-order valence-electron chi connectivity index (χ3n) is 2.22. The molecule has 0 radical (unpaired) electrons. The fourth-order valence-corrected chi connectivity index (χ4v) is 2.02. The smallest absolute Gasteiger partial charge is 0.335 e. The minimum atomic E-state index is -0.899. The summed E-state index contributed by atoms with van der Waals surface area (Å²) >= 11 is 1.71. The van der Waals surface area contributed by atoms with Crippen LogP contribution in [0.1, 0.15) is 28.9 Å². The minimum absolute atomic E-state index is 0.0443. The van der Waals surface area contributed by atoms with Crippen LogP contribution in [0.15, 0.2) is 24.3 Å². The van der Waals surface area contributed by atoms with E-state index in [1.165, 1.54) is 0 Å². The van der Waals surface area contributed by atoms with Gasteiger partial charge in [0.15, 0.2) is 0 Å². The van der Waals surface area contributed by atoms with Gasteiger partial charge < -0.3 is 9.84 Å². The maximum Gasteiger partial charge on any atom is 0.335 e. The van der Waals surface area contributed by atoms with E-state index in [2.05, 4.69) is 0 Å². The van der Waals surface area contributed by atoms with Crippen molar-refractivity contribution in [3.8, 4) is 0 Å². The predicted molar refractivity (Wildman–Crippen MR) is 66.2 cm³/mol. The zero-order valence-electron chi connectivity index (χ0n) is 9.47. The van der Waals surface area contributed by atoms with E-state index in [0.717, 1.165) is 11.3 Å². The first kappa shape index (κ1) is 13.1. The molecule has 0 heterocycles. The van der Waals surface area contributed by atoms with E-state index in [1.807, 2.05) is 25.3 Å². The number of benzene rings is 1. The summed E-state index contributed by atoms with van der Waals surface area (Å²) in [5.74, 6) is -0.0235. The molecule has 0 saturated heterocycles. The van der Waals surface area contributed by atoms with Crippen molar-refractivity contribution >= 4 is 17.7 Å². The normalized spacial score (nSPS) is 12.4. The molecule has 1 unspecified atom stereocenters. The van der Waals surface area contributed by atoms with E-state index in [9.17, 15) is 4.79 Å². The molecule has 88 valence electrons. The fourth-order valence-electron chi connectivity index (χ4n) is 1.43. The van der Waals surface area contributed by atoms with Gasteiger partial charge in [0, 0.05) is 12.4 Å². The summed E-state index contributed by atoms with van der Waals surface area (Å²) in [6.45, 7) is 2.62. The van der Waals surface area contributed by atoms with Crippen molar-refractivity contribution in [2.75, 3.05) is 18.6 Å². The Bertz CT molecular complexity index is 329. The van der Waals surface area contributed by atoms with E-state index in [1.54, 1.807) is 23.9 Å². The monoisotopic (exact) mass is 240 g/mol. The van der Waals surface area contributed by atoms with Crippen LogP contribution in [0.25, 0.3) is 0 Å². The SMILES string of the molecule is CCOC(CSC)c1ccc(C(=O)O)cc1. The van der Waals surface area contributed by atoms with Crippen LogP contribution in [-0.4, -0.2) is 29.7 Å². The molecular weight excluding hydrogens is 224 g/mol. The van der Waals surface area contributed by atoms with Crippen molar-refractivity contribution < 1.29 is 14.6 Å². The lowest BCUT2D eigenvalue weighted by Crippen LogP contribution is -2.07. The van der Waals surface area contributed by atoms with E-state index in [-0.39, 0.29) is 6.10 Å². The van der Waals surface area contributed by atoms with Crippen LogP contribution >= 0.6 is 11.8 Å². The topological polar surface area (TPSA) is 46.5 Å². The molecule has 0 saturated carbocycles. The lowest BCUT2D eigenvalue weighted by Gasteiger charge is -2.16. The molecule has 0 spiro atoms. The van der Waals surface area contributed by atoms with Crippen LogP contribution in [0.3, 0.4) is 0 Å². The molecule has 0 aliphatic carbocycles. The van der Waals surface area contributed by atoms with Gasteiger partial charge in [0.25, 0.3) is 0 Å². The first-order chi connectivity index (χ1) is 7.69. The molecule has 1 atom stereocenters. The molecule has 0 amide bonds. The summed E-state index contributed by atoms with van der Waals surface area (Å²) in [4.78, 5) is 10.7. The summed E-state index contributed by atoms with van der Waals surface area (Å²) in [5, 5.41) is 8.79. The highest BCUT2D eigenvalue weighted by Gasteiger charge is 2.11. The van der Waals surface area contributed by atoms with Crippen molar-refractivity contribution in [3.05, 3.63) is 35.4 Å². The Morgan fingerprint density at radius 3 is 2.50 bits per heavy atom. The maximum atomic E-state index is 10.7. The number of ether oxygens (including phenoxy) is 1. The number of carboxylic acid groups (broad SMARTS) is 1. The highest BCUT2D eigenvalue weighted by Crippen LogP contribution is 2.21. The number of rotatable bonds is 6. The van der Waals surface area contributed by atoms with Gasteiger partial charge in [-0.15, -0.1) is 0 Å². The number of aromatic carboxylic acids is 1. The number of thioether (sulfide) groups is 1. The van der Waals surface area contributed by atoms with E-state index in [4.69, 9.17) is 9.84 Å². The predicted octanol–water partition coefficient (Wildman–Crippen LogP) is 2.83. The Labute approximate surface area is 99.8 Å². The van der Waals surface area contributed by atoms with Crippen LogP contribution in [0, 0.1) is 0 Å². The number of carboxylic acids is 1. The summed E-state index contributed by atoms with van der Waals surface area (Å²) in [6, 6.07) is 6.87. The molecule has 4 heteroatoms. The Hall–Kier alpha value is -1.00. The summed E-state index contributed by atoms with van der Waals surface area (Å²) < 4.78 is 5.60. The zero-order chi connectivity index (χ0) is 12.0. The second-order valence-corrected chi connectivity index (χ2v) is 4.24. The average Bonchev–Trinajstić information content (AvgIpc) is 2.29. The lowest BCUT2D eigenvalue weighted by atomic mass is 10.1. The van der Waals surface area contributed by atoms with Gasteiger partial charge in [0.05, 0.1) is 11.7 Å². The molecular formula is C12H16O3S. The van der Waals surface area contributed by atoms with Gasteiger partial charge in [-0.3, -0.25) is 0 Å². The summed E-state index contributed by atoms with van der Waals surface area (Å²) in [7, 11) is 0. The van der Waals surface area contributed by atoms with Crippen LogP contribution in [0.2, 0.25) is 0 Å². The minimum Gasteiger partial charge on any atom is -0.478 e. The molecule has 1 rings (SSSR count). The van der Waals surface area contributed by atoms with Crippen LogP contribution in [0.5, 0.6) is 0 Å². The van der Waals surface area contributed by atoms with E-state index < -0.39 is 5.97 Å². The highest BCUT2D eigenvalue weighted by molar-refractivity contribution is 7.98. The second-order valence-electron chi connectivity index (χ2n) is 3.33. The maximum absolute atomic E-state index is 10.7. The standard InChI is InChI=1S/C12H16O3S/c1-3-15-11(8-16-2)9-4-6-10(7-5-9)12(13)14/h4-7,11H,3,8H2,1-2H3,(H,13,14). The van der Waals surface area contributed by atoms with Crippen molar-refractivity contribution in [1.82, 2.24) is 0 Å². The van der Waals surface area contributed by atoms with Gasteiger partial charge in [0.2, 0.25) is 0 Å². The molecule has 0 bridgehead atoms. The van der Waals surface area contributed by atoms with Gasteiger partial charge >= 0.3 is 5.97 Å². The van der Waals surface area contributed by atoms with Gasteiger partial charge in [-0.25, -0.2) is 4.79 Å². The van der Waals surface area contributed by atoms with Crippen LogP contribution in [-0.2, 0) is 4.74 Å². The van der Waals surface area contributed by atoms with Crippen molar-refractivity contribution in [3.63, 3.8) is 0 Å². The second kappa shape index (κ2) is 6.55. The molecule has 0 aromatic heterocycles. The zero-order valence-corrected chi connectivity index (χ0v) is 10.3. The van der Waals surface area contributed by atoms with Crippen molar-refractivity contribution in [2.24, 2.45) is 0 Å². The Morgan fingerprint density at radius 2 is 2.06 bits per heavy atom. The van der Waals surface area contributed by atoms with E-state index in [0.29, 0.717) is 12.2 Å². The lowest BCUT2D eigenvalue weighted by molar-refractivity contribution is 0.0695. The van der Waals surface area contributed by atoms with Gasteiger partial charge in [-0.05, 0) is 30.9 Å². The number of hydrogen-bond donors (Lipinski definition) is 1. The molecule has 0 aliphatic heterocycles. The quantitative estimate of drug-likeness (QED) is 0.830. The third-order valence-corrected chi connectivity index (χ3v) is 2.85. The van der Waals surface area contributed by atoms with Crippen molar-refractivity contribution in [2.45, 2.75) is 13.0 Å². The summed E-state index contributed by atoms with van der Waals surface area (Å²) in [5.41, 5.74) is 1.34. The third kappa shape index (κ3) is 3.54. The van der Waals surface area contributed by atoms with Crippen LogP contribution < -0.4 is 0 Å². The molecule has 3 nitrogen and oxygen atoms in total. The van der Waals surface area contributed by atoms with Crippen molar-refractivity contribution in [1.29, 1.82) is 0 Å². The largest absolute Gasteiger partial charge is 0.478 e. The first-order valence-corrected chi connectivity index (χ1v) is 6.52. The Kier molecular flexibility index (Phi) is 5.35. The fraction of sp³-hybridized carbons (Fsp3) is 0.417. The molecule has 0 fully saturated rings. The number of hydrogen-bond acceptors (Lipinski definition) is 3. The molecule has 1 N–H and O–H groups in total. The first-order valence-electron chi connectivity index (χ1n) is 5.12.